The van der Waals surface area contributed by atoms with E-state index < -0.39 is 35.7 Å². The molecule has 0 aliphatic rings. The number of benzene rings is 3. The van der Waals surface area contributed by atoms with Crippen LogP contribution in [0.1, 0.15) is 52.4 Å². The van der Waals surface area contributed by atoms with Gasteiger partial charge in [0.15, 0.2) is 6.04 Å². The summed E-state index contributed by atoms with van der Waals surface area (Å²) in [6, 6.07) is 14.6. The Labute approximate surface area is 227 Å². The van der Waals surface area contributed by atoms with Crippen molar-refractivity contribution in [3.63, 3.8) is 0 Å². The van der Waals surface area contributed by atoms with Crippen molar-refractivity contribution in [2.24, 2.45) is 0 Å². The van der Waals surface area contributed by atoms with Gasteiger partial charge in [0.25, 0.3) is 5.91 Å². The third-order valence-electron chi connectivity index (χ3n) is 5.75. The number of amides is 3. The van der Waals surface area contributed by atoms with E-state index in [0.717, 1.165) is 34.5 Å². The van der Waals surface area contributed by atoms with E-state index in [2.05, 4.69) is 10.7 Å². The molecule has 0 saturated carbocycles. The van der Waals surface area contributed by atoms with E-state index in [9.17, 15) is 32.7 Å². The molecule has 1 unspecified atom stereocenters. The van der Waals surface area contributed by atoms with Gasteiger partial charge in [-0.3, -0.25) is 4.79 Å². The highest BCUT2D eigenvalue weighted by atomic mass is 35.5. The summed E-state index contributed by atoms with van der Waals surface area (Å²) < 4.78 is 39.5. The number of carboxylic acid groups (broad SMARTS) is 1. The second-order valence-corrected chi connectivity index (χ2v) is 9.44. The third kappa shape index (κ3) is 8.41. The Bertz CT molecular complexity index is 1350. The number of halogens is 4. The third-order valence-corrected chi connectivity index (χ3v) is 6.00. The molecule has 3 N–H and O–H groups in total. The molecule has 0 bridgehead atoms. The van der Waals surface area contributed by atoms with E-state index in [1.165, 1.54) is 6.21 Å². The van der Waals surface area contributed by atoms with Crippen LogP contribution in [0.5, 0.6) is 0 Å². The molecule has 39 heavy (non-hydrogen) atoms. The van der Waals surface area contributed by atoms with Crippen molar-refractivity contribution in [3.05, 3.63) is 106 Å². The fourth-order valence-electron chi connectivity index (χ4n) is 3.52. The summed E-state index contributed by atoms with van der Waals surface area (Å²) in [5.41, 5.74) is 3.39. The van der Waals surface area contributed by atoms with Crippen LogP contribution >= 0.6 is 11.6 Å². The van der Waals surface area contributed by atoms with Crippen LogP contribution in [0.25, 0.3) is 0 Å². The summed E-state index contributed by atoms with van der Waals surface area (Å²) in [4.78, 5) is 37.9. The smallest absolute Gasteiger partial charge is 0.478 e. The van der Waals surface area contributed by atoms with Gasteiger partial charge < -0.3 is 5.11 Å². The largest absolute Gasteiger partial charge is 0.515 e. The second-order valence-electron chi connectivity index (χ2n) is 9.01. The predicted molar refractivity (Wildman–Crippen MR) is 140 cm³/mol. The van der Waals surface area contributed by atoms with Gasteiger partial charge in [-0.05, 0) is 53.4 Å². The average molecular weight is 561 g/mol. The fraction of sp³-hybridized carbons (Fsp3) is 0.214. The zero-order chi connectivity index (χ0) is 28.7. The first-order chi connectivity index (χ1) is 18.3. The molecule has 0 heterocycles. The number of hydrogen-bond acceptors (Lipinski definition) is 3. The Morgan fingerprint density at radius 1 is 0.949 bits per heavy atom. The number of nitrogens with one attached hydrogen (secondary N) is 2. The lowest BCUT2D eigenvalue weighted by Gasteiger charge is -2.12. The fourth-order valence-corrected chi connectivity index (χ4v) is 3.64. The minimum Gasteiger partial charge on any atom is -0.478 e. The van der Waals surface area contributed by atoms with Crippen molar-refractivity contribution in [2.75, 3.05) is 0 Å². The standard InChI is InChI=1S/C28H25ClF3N3O4/c1-17(2)20-7-3-19(4-8-20)16-35(34-25(36)21-9-11-22(12-10-21)28(30,31)32)27(39)33-24(26(37)38)15-18-5-13-23(29)14-6-18/h3-14,16-17,24H,15H2,1-2H3,(H2-,33,34,36,37,38,39)/p+1. The molecule has 0 saturated heterocycles. The predicted octanol–water partition coefficient (Wildman–Crippen LogP) is 5.66. The number of nitrogens with zero attached hydrogens (tertiary/aromatic N) is 1. The molecule has 0 aliphatic heterocycles. The van der Waals surface area contributed by atoms with Crippen LogP contribution < -0.4 is 10.7 Å². The number of aliphatic carboxylic acids is 1. The van der Waals surface area contributed by atoms with E-state index in [-0.39, 0.29) is 17.9 Å². The van der Waals surface area contributed by atoms with Crippen molar-refractivity contribution in [1.82, 2.24) is 10.7 Å². The summed E-state index contributed by atoms with van der Waals surface area (Å²) in [6.45, 7) is 4.02. The maximum atomic E-state index is 13.2. The normalized spacial score (nSPS) is 12.6. The molecule has 204 valence electrons. The Morgan fingerprint density at radius 2 is 1.54 bits per heavy atom. The maximum Gasteiger partial charge on any atom is 0.515 e. The van der Waals surface area contributed by atoms with Crippen molar-refractivity contribution in [3.8, 4) is 0 Å². The van der Waals surface area contributed by atoms with Crippen molar-refractivity contribution in [1.29, 1.82) is 0 Å². The highest BCUT2D eigenvalue weighted by Gasteiger charge is 2.32. The van der Waals surface area contributed by atoms with Gasteiger partial charge in [0, 0.05) is 22.6 Å². The van der Waals surface area contributed by atoms with E-state index in [0.29, 0.717) is 16.1 Å². The summed E-state index contributed by atoms with van der Waals surface area (Å²) >= 11 is 5.88. The first-order valence-corrected chi connectivity index (χ1v) is 12.2. The Balaban J connectivity index is 1.88. The molecule has 0 fully saturated rings. The van der Waals surface area contributed by atoms with Crippen molar-refractivity contribution < 1.29 is 37.3 Å². The molecule has 1 atom stereocenters. The summed E-state index contributed by atoms with van der Waals surface area (Å²) in [5, 5.41) is 12.5. The highest BCUT2D eigenvalue weighted by Crippen LogP contribution is 2.29. The molecule has 0 spiro atoms. The van der Waals surface area contributed by atoms with Gasteiger partial charge in [0.2, 0.25) is 0 Å². The lowest BCUT2D eigenvalue weighted by Crippen LogP contribution is -2.51. The molecular formula is C28H26ClF3N3O4+. The summed E-state index contributed by atoms with van der Waals surface area (Å²) in [7, 11) is 0. The molecule has 3 rings (SSSR count). The van der Waals surface area contributed by atoms with Crippen LogP contribution in [-0.4, -0.2) is 40.0 Å². The molecule has 3 aromatic rings. The molecule has 11 heteroatoms. The number of urea groups is 1. The second kappa shape index (κ2) is 12.6. The quantitative estimate of drug-likeness (QED) is 0.197. The molecule has 3 aromatic carbocycles. The van der Waals surface area contributed by atoms with Crippen molar-refractivity contribution in [2.45, 2.75) is 38.4 Å². The average Bonchev–Trinajstić information content (AvgIpc) is 2.88. The van der Waals surface area contributed by atoms with Crippen LogP contribution in [0.2, 0.25) is 5.02 Å². The van der Waals surface area contributed by atoms with E-state index in [1.807, 2.05) is 26.0 Å². The summed E-state index contributed by atoms with van der Waals surface area (Å²) in [5.74, 6) is -1.94. The SMILES string of the molecule is CC(C)c1ccc(C=[N+](NC(=O)c2ccc(C(F)(F)F)cc2)C(=O)NC(Cc2ccc(Cl)cc2)C(=O)O)cc1. The van der Waals surface area contributed by atoms with Crippen LogP contribution in [0.4, 0.5) is 18.0 Å². The lowest BCUT2D eigenvalue weighted by molar-refractivity contribution is -0.472. The van der Waals surface area contributed by atoms with Crippen LogP contribution in [-0.2, 0) is 17.4 Å². The first-order valence-electron chi connectivity index (χ1n) is 11.8. The molecule has 0 aliphatic carbocycles. The molecule has 0 radical (unpaired) electrons. The van der Waals surface area contributed by atoms with Gasteiger partial charge in [0.1, 0.15) is 6.21 Å². The Morgan fingerprint density at radius 3 is 2.05 bits per heavy atom. The minimum absolute atomic E-state index is 0.0674. The highest BCUT2D eigenvalue weighted by molar-refractivity contribution is 6.30. The van der Waals surface area contributed by atoms with Gasteiger partial charge in [-0.15, -0.1) is 0 Å². The summed E-state index contributed by atoms with van der Waals surface area (Å²) in [6.07, 6.45) is -3.36. The van der Waals surface area contributed by atoms with Gasteiger partial charge in [-0.2, -0.15) is 23.4 Å². The molecule has 7 nitrogen and oxygen atoms in total. The van der Waals surface area contributed by atoms with Gasteiger partial charge in [-0.1, -0.05) is 66.5 Å². The molecule has 3 amide bonds. The number of hydrazine groups is 1. The van der Waals surface area contributed by atoms with Crippen LogP contribution in [0.15, 0.2) is 72.8 Å². The van der Waals surface area contributed by atoms with Gasteiger partial charge in [0.05, 0.1) is 5.56 Å². The monoisotopic (exact) mass is 560 g/mol. The zero-order valence-electron chi connectivity index (χ0n) is 21.0. The Kier molecular flexibility index (Phi) is 9.47. The molecular weight excluding hydrogens is 535 g/mol. The van der Waals surface area contributed by atoms with Crippen LogP contribution in [0, 0.1) is 0 Å². The number of hydrazone groups is 1. The zero-order valence-corrected chi connectivity index (χ0v) is 21.8. The number of hydrogen-bond donors (Lipinski definition) is 3. The van der Waals surface area contributed by atoms with Crippen molar-refractivity contribution >= 4 is 35.7 Å². The number of alkyl halides is 3. The lowest BCUT2D eigenvalue weighted by atomic mass is 10.0. The number of carboxylic acids is 1. The van der Waals surface area contributed by atoms with Gasteiger partial charge >= 0.3 is 18.2 Å². The van der Waals surface area contributed by atoms with E-state index in [4.69, 9.17) is 11.6 Å². The maximum absolute atomic E-state index is 13.2. The first kappa shape index (κ1) is 29.4. The number of carbonyl (C=O) groups excluding carboxylic acids is 2. The Hall–Kier alpha value is -4.18. The van der Waals surface area contributed by atoms with Gasteiger partial charge in [-0.25, -0.2) is 10.1 Å². The molecule has 0 aromatic heterocycles. The van der Waals surface area contributed by atoms with E-state index >= 15 is 0 Å². The number of rotatable bonds is 7. The number of carbonyl (C=O) groups is 3. The van der Waals surface area contributed by atoms with E-state index in [1.54, 1.807) is 36.4 Å². The minimum atomic E-state index is -4.58. The topological polar surface area (TPSA) is 98.5 Å². The van der Waals surface area contributed by atoms with Crippen LogP contribution in [0.3, 0.4) is 0 Å².